The molecule has 2 heterocycles. The smallest absolute Gasteiger partial charge is 0.118 e. The van der Waals surface area contributed by atoms with Gasteiger partial charge in [-0.2, -0.15) is 0 Å². The van der Waals surface area contributed by atoms with Gasteiger partial charge in [-0.3, -0.25) is 4.90 Å². The number of rotatable bonds is 10. The summed E-state index contributed by atoms with van der Waals surface area (Å²) in [5.41, 5.74) is 1.10. The molecule has 5 nitrogen and oxygen atoms in total. The third-order valence-corrected chi connectivity index (χ3v) is 4.03. The Bertz CT molecular complexity index is 751. The van der Waals surface area contributed by atoms with Crippen molar-refractivity contribution in [2.75, 3.05) is 13.2 Å². The summed E-state index contributed by atoms with van der Waals surface area (Å²) in [6.45, 7) is 4.36. The largest absolute Gasteiger partial charge is 0.468 e. The van der Waals surface area contributed by atoms with Crippen LogP contribution in [-0.4, -0.2) is 29.3 Å². The van der Waals surface area contributed by atoms with Gasteiger partial charge in [0.05, 0.1) is 38.7 Å². The summed E-state index contributed by atoms with van der Waals surface area (Å²) in [6, 6.07) is 17.6. The van der Waals surface area contributed by atoms with Crippen molar-refractivity contribution in [2.45, 2.75) is 32.7 Å². The van der Waals surface area contributed by atoms with Crippen LogP contribution in [0.3, 0.4) is 0 Å². The molecule has 0 aliphatic carbocycles. The molecular weight excluding hydrogens is 330 g/mol. The van der Waals surface area contributed by atoms with E-state index in [-0.39, 0.29) is 6.61 Å². The van der Waals surface area contributed by atoms with E-state index in [1.54, 1.807) is 6.26 Å². The zero-order chi connectivity index (χ0) is 18.2. The average molecular weight is 355 g/mol. The number of hydrogen-bond donors (Lipinski definition) is 1. The summed E-state index contributed by atoms with van der Waals surface area (Å²) >= 11 is 0. The lowest BCUT2D eigenvalue weighted by molar-refractivity contribution is 0.00507. The van der Waals surface area contributed by atoms with E-state index in [4.69, 9.17) is 13.6 Å². The second kappa shape index (κ2) is 9.38. The maximum absolute atomic E-state index is 10.4. The van der Waals surface area contributed by atoms with E-state index >= 15 is 0 Å². The van der Waals surface area contributed by atoms with Gasteiger partial charge in [0.1, 0.15) is 17.3 Å². The molecule has 0 saturated heterocycles. The molecule has 0 aliphatic rings. The van der Waals surface area contributed by atoms with Crippen LogP contribution in [0, 0.1) is 6.92 Å². The Kier molecular flexibility index (Phi) is 6.66. The first kappa shape index (κ1) is 18.5. The van der Waals surface area contributed by atoms with Gasteiger partial charge >= 0.3 is 0 Å². The molecule has 0 fully saturated rings. The van der Waals surface area contributed by atoms with Gasteiger partial charge in [-0.1, -0.05) is 30.3 Å². The van der Waals surface area contributed by atoms with E-state index in [0.717, 1.165) is 22.8 Å². The third kappa shape index (κ3) is 5.88. The second-order valence-corrected chi connectivity index (χ2v) is 6.42. The molecule has 3 aromatic rings. The van der Waals surface area contributed by atoms with Crippen molar-refractivity contribution in [3.63, 3.8) is 0 Å². The van der Waals surface area contributed by atoms with Crippen molar-refractivity contribution in [1.82, 2.24) is 4.90 Å². The van der Waals surface area contributed by atoms with Gasteiger partial charge in [-0.05, 0) is 36.8 Å². The van der Waals surface area contributed by atoms with Crippen LogP contribution in [0.15, 0.2) is 69.7 Å². The van der Waals surface area contributed by atoms with E-state index in [2.05, 4.69) is 4.90 Å². The molecule has 0 spiro atoms. The molecule has 0 saturated carbocycles. The maximum atomic E-state index is 10.4. The Morgan fingerprint density at radius 1 is 1.00 bits per heavy atom. The molecule has 3 rings (SSSR count). The number of benzene rings is 1. The molecular formula is C21H25NO4. The average Bonchev–Trinajstić information content (AvgIpc) is 3.27. The normalized spacial score (nSPS) is 12.6. The topological polar surface area (TPSA) is 59.0 Å². The number of ether oxygens (including phenoxy) is 1. The van der Waals surface area contributed by atoms with Crippen LogP contribution in [-0.2, 0) is 24.4 Å². The van der Waals surface area contributed by atoms with Crippen molar-refractivity contribution < 1.29 is 18.7 Å². The van der Waals surface area contributed by atoms with Crippen LogP contribution < -0.4 is 0 Å². The number of furan rings is 2. The number of hydrogen-bond acceptors (Lipinski definition) is 5. The van der Waals surface area contributed by atoms with E-state index in [0.29, 0.717) is 26.2 Å². The van der Waals surface area contributed by atoms with E-state index in [9.17, 15) is 5.11 Å². The third-order valence-electron chi connectivity index (χ3n) is 4.03. The highest BCUT2D eigenvalue weighted by Gasteiger charge is 2.16. The van der Waals surface area contributed by atoms with Crippen molar-refractivity contribution in [1.29, 1.82) is 0 Å². The Balaban J connectivity index is 1.51. The van der Waals surface area contributed by atoms with Crippen LogP contribution in [0.4, 0.5) is 0 Å². The van der Waals surface area contributed by atoms with Gasteiger partial charge in [0.25, 0.3) is 0 Å². The van der Waals surface area contributed by atoms with Gasteiger partial charge in [0.15, 0.2) is 0 Å². The second-order valence-electron chi connectivity index (χ2n) is 6.42. The lowest BCUT2D eigenvalue weighted by Crippen LogP contribution is -2.34. The summed E-state index contributed by atoms with van der Waals surface area (Å²) in [7, 11) is 0. The van der Waals surface area contributed by atoms with E-state index in [1.165, 1.54) is 0 Å². The molecule has 138 valence electrons. The first-order chi connectivity index (χ1) is 12.7. The van der Waals surface area contributed by atoms with Crippen LogP contribution in [0.25, 0.3) is 0 Å². The van der Waals surface area contributed by atoms with Crippen LogP contribution >= 0.6 is 0 Å². The SMILES string of the molecule is Cc1ccc(CN(Cc2ccco2)CC(O)COCc2ccccc2)o1. The minimum atomic E-state index is -0.593. The van der Waals surface area contributed by atoms with Gasteiger partial charge in [0.2, 0.25) is 0 Å². The Labute approximate surface area is 153 Å². The number of aliphatic hydroxyl groups is 1. The standard InChI is InChI=1S/C21H25NO4/c1-17-9-10-21(26-17)14-22(13-20-8-5-11-25-20)12-19(23)16-24-15-18-6-3-2-4-7-18/h2-11,19,23H,12-16H2,1H3. The molecule has 1 atom stereocenters. The van der Waals surface area contributed by atoms with Crippen molar-refractivity contribution in [3.8, 4) is 0 Å². The lowest BCUT2D eigenvalue weighted by atomic mass is 10.2. The van der Waals surface area contributed by atoms with Gasteiger partial charge in [0, 0.05) is 6.54 Å². The molecule has 1 N–H and O–H groups in total. The number of nitrogens with zero attached hydrogens (tertiary/aromatic N) is 1. The summed E-state index contributed by atoms with van der Waals surface area (Å²) in [5.74, 6) is 2.60. The minimum Gasteiger partial charge on any atom is -0.468 e. The molecule has 1 aromatic carbocycles. The summed E-state index contributed by atoms with van der Waals surface area (Å²) in [5, 5.41) is 10.4. The number of aryl methyl sites for hydroxylation is 1. The molecule has 0 bridgehead atoms. The summed E-state index contributed by atoms with van der Waals surface area (Å²) < 4.78 is 16.8. The predicted octanol–water partition coefficient (Wildman–Crippen LogP) is 3.76. The molecule has 2 aromatic heterocycles. The van der Waals surface area contributed by atoms with Crippen molar-refractivity contribution in [3.05, 3.63) is 83.7 Å². The van der Waals surface area contributed by atoms with Gasteiger partial charge < -0.3 is 18.7 Å². The molecule has 1 unspecified atom stereocenters. The van der Waals surface area contributed by atoms with E-state index in [1.807, 2.05) is 61.5 Å². The Hall–Kier alpha value is -2.34. The molecule has 0 radical (unpaired) electrons. The first-order valence-electron chi connectivity index (χ1n) is 8.79. The quantitative estimate of drug-likeness (QED) is 0.600. The zero-order valence-electron chi connectivity index (χ0n) is 15.0. The maximum Gasteiger partial charge on any atom is 0.118 e. The van der Waals surface area contributed by atoms with Gasteiger partial charge in [-0.15, -0.1) is 0 Å². The van der Waals surface area contributed by atoms with Gasteiger partial charge in [-0.25, -0.2) is 0 Å². The zero-order valence-corrected chi connectivity index (χ0v) is 15.0. The van der Waals surface area contributed by atoms with E-state index < -0.39 is 6.10 Å². The first-order valence-corrected chi connectivity index (χ1v) is 8.79. The molecule has 0 aliphatic heterocycles. The predicted molar refractivity (Wildman–Crippen MR) is 98.4 cm³/mol. The molecule has 0 amide bonds. The lowest BCUT2D eigenvalue weighted by Gasteiger charge is -2.23. The summed E-state index contributed by atoms with van der Waals surface area (Å²) in [6.07, 6.45) is 1.06. The fourth-order valence-electron chi connectivity index (χ4n) is 2.84. The highest BCUT2D eigenvalue weighted by atomic mass is 16.5. The number of aliphatic hydroxyl groups excluding tert-OH is 1. The monoisotopic (exact) mass is 355 g/mol. The van der Waals surface area contributed by atoms with Crippen LogP contribution in [0.1, 0.15) is 22.8 Å². The summed E-state index contributed by atoms with van der Waals surface area (Å²) in [4.78, 5) is 2.09. The van der Waals surface area contributed by atoms with Crippen molar-refractivity contribution >= 4 is 0 Å². The van der Waals surface area contributed by atoms with Crippen molar-refractivity contribution in [2.24, 2.45) is 0 Å². The fourth-order valence-corrected chi connectivity index (χ4v) is 2.84. The van der Waals surface area contributed by atoms with Crippen LogP contribution in [0.5, 0.6) is 0 Å². The molecule has 5 heteroatoms. The fraction of sp³-hybridized carbons (Fsp3) is 0.333. The Morgan fingerprint density at radius 3 is 2.50 bits per heavy atom. The highest BCUT2D eigenvalue weighted by Crippen LogP contribution is 2.14. The Morgan fingerprint density at radius 2 is 1.81 bits per heavy atom. The molecule has 26 heavy (non-hydrogen) atoms. The highest BCUT2D eigenvalue weighted by molar-refractivity contribution is 5.13. The van der Waals surface area contributed by atoms with Crippen LogP contribution in [0.2, 0.25) is 0 Å². The minimum absolute atomic E-state index is 0.279.